The number of nitrogens with zero attached hydrogens (tertiary/aromatic N) is 1. The first-order chi connectivity index (χ1) is 8.63. The lowest BCUT2D eigenvalue weighted by atomic mass is 10.1. The van der Waals surface area contributed by atoms with Gasteiger partial charge in [0.1, 0.15) is 5.82 Å². The molecule has 0 bridgehead atoms. The van der Waals surface area contributed by atoms with Gasteiger partial charge in [-0.3, -0.25) is 4.90 Å². The minimum atomic E-state index is -1.10. The molecule has 0 radical (unpaired) electrons. The fourth-order valence-corrected chi connectivity index (χ4v) is 2.29. The Kier molecular flexibility index (Phi) is 4.15. The van der Waals surface area contributed by atoms with Crippen molar-refractivity contribution in [3.8, 4) is 0 Å². The van der Waals surface area contributed by atoms with E-state index in [1.165, 1.54) is 25.0 Å². The first-order valence-corrected chi connectivity index (χ1v) is 6.11. The lowest BCUT2D eigenvalue weighted by molar-refractivity contribution is 0.194. The summed E-state index contributed by atoms with van der Waals surface area (Å²) in [5.41, 5.74) is 1.56. The topological polar surface area (TPSA) is 52.6 Å². The zero-order valence-corrected chi connectivity index (χ0v) is 10.2. The molecule has 1 aromatic carbocycles. The third-order valence-corrected chi connectivity index (χ3v) is 3.07. The van der Waals surface area contributed by atoms with Gasteiger partial charge in [0.05, 0.1) is 0 Å². The number of hydrogen-bond acceptors (Lipinski definition) is 2. The van der Waals surface area contributed by atoms with Gasteiger partial charge < -0.3 is 10.4 Å². The quantitative estimate of drug-likeness (QED) is 0.863. The number of benzene rings is 1. The fourth-order valence-electron chi connectivity index (χ4n) is 2.29. The first kappa shape index (κ1) is 12.8. The molecule has 1 aliphatic rings. The molecular weight excluding hydrogens is 235 g/mol. The predicted octanol–water partition coefficient (Wildman–Crippen LogP) is 2.19. The molecular formula is C13H17FN2O2. The maximum atomic E-state index is 13.4. The summed E-state index contributed by atoms with van der Waals surface area (Å²) in [6.45, 7) is 2.98. The summed E-state index contributed by atoms with van der Waals surface area (Å²) in [5.74, 6) is -0.311. The Balaban J connectivity index is 2.02. The molecule has 1 fully saturated rings. The van der Waals surface area contributed by atoms with Crippen molar-refractivity contribution in [1.29, 1.82) is 0 Å². The Morgan fingerprint density at radius 3 is 2.61 bits per heavy atom. The molecule has 0 atom stereocenters. The molecule has 18 heavy (non-hydrogen) atoms. The summed E-state index contributed by atoms with van der Waals surface area (Å²) in [6.07, 6.45) is 1.30. The van der Waals surface area contributed by atoms with Crippen molar-refractivity contribution in [2.45, 2.75) is 25.9 Å². The zero-order chi connectivity index (χ0) is 13.0. The number of halogens is 1. The van der Waals surface area contributed by atoms with E-state index in [-0.39, 0.29) is 12.4 Å². The number of hydrogen-bond donors (Lipinski definition) is 2. The van der Waals surface area contributed by atoms with Gasteiger partial charge in [0.2, 0.25) is 0 Å². The van der Waals surface area contributed by atoms with E-state index in [0.717, 1.165) is 25.2 Å². The summed E-state index contributed by atoms with van der Waals surface area (Å²) in [7, 11) is 0. The number of amides is 1. The zero-order valence-electron chi connectivity index (χ0n) is 10.2. The molecule has 0 saturated carbocycles. The van der Waals surface area contributed by atoms with Crippen LogP contribution < -0.4 is 5.32 Å². The van der Waals surface area contributed by atoms with Crippen LogP contribution in [0.5, 0.6) is 0 Å². The van der Waals surface area contributed by atoms with Gasteiger partial charge in [-0.25, -0.2) is 9.18 Å². The highest BCUT2D eigenvalue weighted by Gasteiger charge is 2.12. The van der Waals surface area contributed by atoms with Crippen LogP contribution in [0.2, 0.25) is 0 Å². The van der Waals surface area contributed by atoms with Crippen molar-refractivity contribution in [3.05, 3.63) is 35.1 Å². The summed E-state index contributed by atoms with van der Waals surface area (Å²) in [4.78, 5) is 12.7. The van der Waals surface area contributed by atoms with E-state index in [0.29, 0.717) is 5.56 Å². The normalized spacial score (nSPS) is 15.8. The third kappa shape index (κ3) is 3.70. The van der Waals surface area contributed by atoms with Gasteiger partial charge in [-0.05, 0) is 49.2 Å². The van der Waals surface area contributed by atoms with Crippen molar-refractivity contribution in [2.24, 2.45) is 0 Å². The summed E-state index contributed by atoms with van der Waals surface area (Å²) in [6, 6.07) is 4.74. The minimum absolute atomic E-state index is 0.139. The monoisotopic (exact) mass is 252 g/mol. The van der Waals surface area contributed by atoms with Crippen LogP contribution >= 0.6 is 0 Å². The summed E-state index contributed by atoms with van der Waals surface area (Å²) < 4.78 is 13.4. The molecule has 0 aliphatic carbocycles. The van der Waals surface area contributed by atoms with Gasteiger partial charge in [-0.2, -0.15) is 0 Å². The van der Waals surface area contributed by atoms with Crippen molar-refractivity contribution in [3.63, 3.8) is 0 Å². The second-order valence-corrected chi connectivity index (χ2v) is 4.61. The van der Waals surface area contributed by atoms with E-state index in [4.69, 9.17) is 5.11 Å². The van der Waals surface area contributed by atoms with Crippen LogP contribution in [0.3, 0.4) is 0 Å². The molecule has 2 rings (SSSR count). The van der Waals surface area contributed by atoms with Crippen LogP contribution in [0.1, 0.15) is 24.0 Å². The molecule has 2 N–H and O–H groups in total. The first-order valence-electron chi connectivity index (χ1n) is 6.11. The average Bonchev–Trinajstić information content (AvgIpc) is 2.78. The second-order valence-electron chi connectivity index (χ2n) is 4.61. The lowest BCUT2D eigenvalue weighted by Gasteiger charge is -2.15. The number of nitrogens with one attached hydrogen (secondary N) is 1. The van der Waals surface area contributed by atoms with Gasteiger partial charge in [0.25, 0.3) is 0 Å². The Hall–Kier alpha value is -1.62. The van der Waals surface area contributed by atoms with Crippen LogP contribution in [-0.4, -0.2) is 29.2 Å². The van der Waals surface area contributed by atoms with E-state index < -0.39 is 6.09 Å². The molecule has 1 saturated heterocycles. The minimum Gasteiger partial charge on any atom is -0.465 e. The summed E-state index contributed by atoms with van der Waals surface area (Å²) in [5, 5.41) is 10.8. The van der Waals surface area contributed by atoms with Gasteiger partial charge >= 0.3 is 6.09 Å². The Labute approximate surface area is 105 Å². The SMILES string of the molecule is O=C(O)NCc1cc(F)cc(CN2CCCC2)c1. The Morgan fingerprint density at radius 2 is 1.94 bits per heavy atom. The predicted molar refractivity (Wildman–Crippen MR) is 65.8 cm³/mol. The molecule has 0 aromatic heterocycles. The highest BCUT2D eigenvalue weighted by Crippen LogP contribution is 2.15. The van der Waals surface area contributed by atoms with E-state index >= 15 is 0 Å². The van der Waals surface area contributed by atoms with E-state index in [1.807, 2.05) is 6.07 Å². The van der Waals surface area contributed by atoms with Gasteiger partial charge in [0, 0.05) is 13.1 Å². The van der Waals surface area contributed by atoms with Gasteiger partial charge in [-0.1, -0.05) is 6.07 Å². The number of carbonyl (C=O) groups is 1. The molecule has 1 aliphatic heterocycles. The molecule has 1 aromatic rings. The summed E-state index contributed by atoms with van der Waals surface area (Å²) >= 11 is 0. The van der Waals surface area contributed by atoms with E-state index in [2.05, 4.69) is 10.2 Å². The van der Waals surface area contributed by atoms with Crippen molar-refractivity contribution in [1.82, 2.24) is 10.2 Å². The number of rotatable bonds is 4. The smallest absolute Gasteiger partial charge is 0.404 e. The maximum absolute atomic E-state index is 13.4. The van der Waals surface area contributed by atoms with Gasteiger partial charge in [0.15, 0.2) is 0 Å². The van der Waals surface area contributed by atoms with Crippen LogP contribution in [0.4, 0.5) is 9.18 Å². The molecule has 98 valence electrons. The third-order valence-electron chi connectivity index (χ3n) is 3.07. The van der Waals surface area contributed by atoms with Crippen molar-refractivity contribution >= 4 is 6.09 Å². The standard InChI is InChI=1S/C13H17FN2O2/c14-12-6-10(8-15-13(17)18)5-11(7-12)9-16-3-1-2-4-16/h5-7,15H,1-4,8-9H2,(H,17,18). The lowest BCUT2D eigenvalue weighted by Crippen LogP contribution is -2.21. The molecule has 0 unspecified atom stereocenters. The highest BCUT2D eigenvalue weighted by molar-refractivity contribution is 5.64. The Bertz CT molecular complexity index is 431. The van der Waals surface area contributed by atoms with Crippen LogP contribution in [0.15, 0.2) is 18.2 Å². The van der Waals surface area contributed by atoms with E-state index in [1.54, 1.807) is 0 Å². The molecule has 1 heterocycles. The average molecular weight is 252 g/mol. The molecule has 1 amide bonds. The van der Waals surface area contributed by atoms with Crippen LogP contribution in [0.25, 0.3) is 0 Å². The number of likely N-dealkylation sites (tertiary alicyclic amines) is 1. The molecule has 0 spiro atoms. The van der Waals surface area contributed by atoms with E-state index in [9.17, 15) is 9.18 Å². The van der Waals surface area contributed by atoms with Crippen molar-refractivity contribution < 1.29 is 14.3 Å². The van der Waals surface area contributed by atoms with Crippen LogP contribution in [0, 0.1) is 5.82 Å². The van der Waals surface area contributed by atoms with Crippen molar-refractivity contribution in [2.75, 3.05) is 13.1 Å². The highest BCUT2D eigenvalue weighted by atomic mass is 19.1. The molecule has 5 heteroatoms. The molecule has 4 nitrogen and oxygen atoms in total. The van der Waals surface area contributed by atoms with Crippen LogP contribution in [-0.2, 0) is 13.1 Å². The number of carboxylic acid groups (broad SMARTS) is 1. The largest absolute Gasteiger partial charge is 0.465 e. The van der Waals surface area contributed by atoms with Gasteiger partial charge in [-0.15, -0.1) is 0 Å². The Morgan fingerprint density at radius 1 is 1.28 bits per heavy atom. The maximum Gasteiger partial charge on any atom is 0.404 e. The fraction of sp³-hybridized carbons (Fsp3) is 0.462. The second kappa shape index (κ2) is 5.82.